The van der Waals surface area contributed by atoms with E-state index in [1.54, 1.807) is 0 Å². The maximum absolute atomic E-state index is 11.1. The van der Waals surface area contributed by atoms with Crippen LogP contribution in [0.25, 0.3) is 0 Å². The summed E-state index contributed by atoms with van der Waals surface area (Å²) in [7, 11) is 0. The molecule has 0 aliphatic carbocycles. The molecular formula is C12H18N2O2S. The molecule has 0 saturated carbocycles. The van der Waals surface area contributed by atoms with Gasteiger partial charge >= 0.3 is 5.97 Å². The van der Waals surface area contributed by atoms with Gasteiger partial charge in [-0.1, -0.05) is 18.3 Å². The van der Waals surface area contributed by atoms with E-state index in [-0.39, 0.29) is 0 Å². The quantitative estimate of drug-likeness (QED) is 0.901. The number of piperidine rings is 1. The van der Waals surface area contributed by atoms with Crippen molar-refractivity contribution in [2.24, 2.45) is 0 Å². The van der Waals surface area contributed by atoms with Crippen molar-refractivity contribution in [2.45, 2.75) is 45.6 Å². The predicted octanol–water partition coefficient (Wildman–Crippen LogP) is 2.78. The Balaban J connectivity index is 2.29. The second kappa shape index (κ2) is 5.04. The minimum Gasteiger partial charge on any atom is -0.477 e. The molecular weight excluding hydrogens is 236 g/mol. The highest BCUT2D eigenvalue weighted by Crippen LogP contribution is 2.31. The van der Waals surface area contributed by atoms with Crippen LogP contribution in [0, 0.1) is 0 Å². The summed E-state index contributed by atoms with van der Waals surface area (Å²) in [6.45, 7) is 5.13. The topological polar surface area (TPSA) is 53.4 Å². The van der Waals surface area contributed by atoms with Gasteiger partial charge in [-0.2, -0.15) is 0 Å². The molecule has 1 aromatic heterocycles. The Morgan fingerprint density at radius 2 is 2.35 bits per heavy atom. The van der Waals surface area contributed by atoms with E-state index in [9.17, 15) is 4.79 Å². The molecule has 2 rings (SSSR count). The summed E-state index contributed by atoms with van der Waals surface area (Å²) in [6.07, 6.45) is 4.28. The largest absolute Gasteiger partial charge is 0.477 e. The minimum absolute atomic E-state index is 0.403. The standard InChI is InChI=1S/C12H18N2O2S/c1-3-9-10(11(15)16)17-12(13-9)14-7-5-4-6-8(14)2/h8H,3-7H2,1-2H3,(H,15,16). The molecule has 1 saturated heterocycles. The minimum atomic E-state index is -0.852. The van der Waals surface area contributed by atoms with Crippen molar-refractivity contribution < 1.29 is 9.90 Å². The first-order chi connectivity index (χ1) is 8.13. The lowest BCUT2D eigenvalue weighted by Crippen LogP contribution is -2.37. The van der Waals surface area contributed by atoms with Crippen LogP contribution >= 0.6 is 11.3 Å². The number of carboxylic acid groups (broad SMARTS) is 1. The van der Waals surface area contributed by atoms with E-state index in [1.807, 2.05) is 6.92 Å². The molecule has 1 atom stereocenters. The number of hydrogen-bond acceptors (Lipinski definition) is 4. The molecule has 1 fully saturated rings. The van der Waals surface area contributed by atoms with Crippen LogP contribution in [0.5, 0.6) is 0 Å². The zero-order valence-electron chi connectivity index (χ0n) is 10.3. The molecule has 1 aromatic rings. The normalized spacial score (nSPS) is 20.6. The van der Waals surface area contributed by atoms with Gasteiger partial charge < -0.3 is 10.0 Å². The molecule has 0 amide bonds. The molecule has 1 aliphatic rings. The predicted molar refractivity (Wildman–Crippen MR) is 69.1 cm³/mol. The van der Waals surface area contributed by atoms with Crippen molar-refractivity contribution in [3.05, 3.63) is 10.6 Å². The number of aryl methyl sites for hydroxylation is 1. The van der Waals surface area contributed by atoms with Crippen LogP contribution in [0.15, 0.2) is 0 Å². The third kappa shape index (κ3) is 2.44. The number of anilines is 1. The van der Waals surface area contributed by atoms with Gasteiger partial charge in [0.15, 0.2) is 5.13 Å². The van der Waals surface area contributed by atoms with E-state index in [2.05, 4.69) is 16.8 Å². The highest BCUT2D eigenvalue weighted by molar-refractivity contribution is 7.17. The third-order valence-corrected chi connectivity index (χ3v) is 4.39. The van der Waals surface area contributed by atoms with E-state index in [1.165, 1.54) is 30.6 Å². The smallest absolute Gasteiger partial charge is 0.347 e. The Bertz CT molecular complexity index is 417. The van der Waals surface area contributed by atoms with Crippen molar-refractivity contribution in [3.8, 4) is 0 Å². The molecule has 1 aliphatic heterocycles. The SMILES string of the molecule is CCc1nc(N2CCCCC2C)sc1C(=O)O. The molecule has 0 bridgehead atoms. The Morgan fingerprint density at radius 3 is 2.88 bits per heavy atom. The fraction of sp³-hybridized carbons (Fsp3) is 0.667. The Morgan fingerprint density at radius 1 is 1.59 bits per heavy atom. The highest BCUT2D eigenvalue weighted by Gasteiger charge is 2.24. The summed E-state index contributed by atoms with van der Waals surface area (Å²) in [5.41, 5.74) is 0.718. The number of hydrogen-bond donors (Lipinski definition) is 1. The molecule has 5 heteroatoms. The number of rotatable bonds is 3. The number of thiazole rings is 1. The summed E-state index contributed by atoms with van der Waals surface area (Å²) in [5.74, 6) is -0.852. The van der Waals surface area contributed by atoms with Crippen molar-refractivity contribution in [3.63, 3.8) is 0 Å². The van der Waals surface area contributed by atoms with E-state index in [0.29, 0.717) is 17.3 Å². The summed E-state index contributed by atoms with van der Waals surface area (Å²) in [4.78, 5) is 18.3. The molecule has 1 N–H and O–H groups in total. The van der Waals surface area contributed by atoms with Crippen LogP contribution in [0.3, 0.4) is 0 Å². The van der Waals surface area contributed by atoms with Gasteiger partial charge in [-0.3, -0.25) is 0 Å². The van der Waals surface area contributed by atoms with E-state index < -0.39 is 5.97 Å². The van der Waals surface area contributed by atoms with E-state index in [4.69, 9.17) is 5.11 Å². The molecule has 0 aromatic carbocycles. The van der Waals surface area contributed by atoms with Crippen molar-refractivity contribution in [1.82, 2.24) is 4.98 Å². The summed E-state index contributed by atoms with van der Waals surface area (Å²) >= 11 is 1.32. The van der Waals surface area contributed by atoms with Gasteiger partial charge in [0.2, 0.25) is 0 Å². The molecule has 0 radical (unpaired) electrons. The fourth-order valence-electron chi connectivity index (χ4n) is 2.25. The Labute approximate surface area is 105 Å². The highest BCUT2D eigenvalue weighted by atomic mass is 32.1. The van der Waals surface area contributed by atoms with Crippen LogP contribution in [-0.2, 0) is 6.42 Å². The monoisotopic (exact) mass is 254 g/mol. The Hall–Kier alpha value is -1.10. The lowest BCUT2D eigenvalue weighted by Gasteiger charge is -2.33. The van der Waals surface area contributed by atoms with Gasteiger partial charge in [0.1, 0.15) is 4.88 Å². The zero-order valence-corrected chi connectivity index (χ0v) is 11.1. The molecule has 1 unspecified atom stereocenters. The van der Waals surface area contributed by atoms with Gasteiger partial charge in [0, 0.05) is 12.6 Å². The van der Waals surface area contributed by atoms with Crippen LogP contribution in [0.1, 0.15) is 48.5 Å². The maximum Gasteiger partial charge on any atom is 0.347 e. The number of aromatic nitrogens is 1. The molecule has 94 valence electrons. The van der Waals surface area contributed by atoms with Crippen LogP contribution in [0.4, 0.5) is 5.13 Å². The number of aromatic carboxylic acids is 1. The van der Waals surface area contributed by atoms with Crippen molar-refractivity contribution in [2.75, 3.05) is 11.4 Å². The van der Waals surface area contributed by atoms with Crippen molar-refractivity contribution >= 4 is 22.4 Å². The first kappa shape index (κ1) is 12.4. The molecule has 2 heterocycles. The first-order valence-electron chi connectivity index (χ1n) is 6.13. The van der Waals surface area contributed by atoms with Crippen LogP contribution in [-0.4, -0.2) is 28.6 Å². The summed E-state index contributed by atoms with van der Waals surface area (Å²) < 4.78 is 0. The van der Waals surface area contributed by atoms with Crippen LogP contribution < -0.4 is 4.90 Å². The molecule has 0 spiro atoms. The Kier molecular flexibility index (Phi) is 3.66. The lowest BCUT2D eigenvalue weighted by atomic mass is 10.1. The van der Waals surface area contributed by atoms with Gasteiger partial charge in [0.25, 0.3) is 0 Å². The molecule has 4 nitrogen and oxygen atoms in total. The van der Waals surface area contributed by atoms with Crippen molar-refractivity contribution in [1.29, 1.82) is 0 Å². The zero-order chi connectivity index (χ0) is 12.4. The van der Waals surface area contributed by atoms with E-state index in [0.717, 1.165) is 17.4 Å². The number of nitrogens with zero attached hydrogens (tertiary/aromatic N) is 2. The first-order valence-corrected chi connectivity index (χ1v) is 6.94. The van der Waals surface area contributed by atoms with Gasteiger partial charge in [0.05, 0.1) is 5.69 Å². The summed E-state index contributed by atoms with van der Waals surface area (Å²) in [5, 5.41) is 10.0. The lowest BCUT2D eigenvalue weighted by molar-refractivity contribution is 0.0701. The number of carboxylic acids is 1. The second-order valence-corrected chi connectivity index (χ2v) is 5.45. The second-order valence-electron chi connectivity index (χ2n) is 4.47. The van der Waals surface area contributed by atoms with E-state index >= 15 is 0 Å². The maximum atomic E-state index is 11.1. The average Bonchev–Trinajstić information content (AvgIpc) is 2.73. The fourth-order valence-corrected chi connectivity index (χ4v) is 3.37. The summed E-state index contributed by atoms with van der Waals surface area (Å²) in [6, 6.07) is 0.473. The van der Waals surface area contributed by atoms with Crippen LogP contribution in [0.2, 0.25) is 0 Å². The van der Waals surface area contributed by atoms with Gasteiger partial charge in [-0.05, 0) is 32.6 Å². The third-order valence-electron chi connectivity index (χ3n) is 3.26. The average molecular weight is 254 g/mol. The van der Waals surface area contributed by atoms with Gasteiger partial charge in [-0.25, -0.2) is 9.78 Å². The number of carbonyl (C=O) groups is 1. The molecule has 17 heavy (non-hydrogen) atoms. The van der Waals surface area contributed by atoms with Gasteiger partial charge in [-0.15, -0.1) is 0 Å².